The van der Waals surface area contributed by atoms with Crippen molar-refractivity contribution in [2.24, 2.45) is 0 Å². The number of anilines is 2. The first-order chi connectivity index (χ1) is 14.7. The molecule has 0 aliphatic carbocycles. The lowest BCUT2D eigenvalue weighted by Gasteiger charge is -2.10. The average Bonchev–Trinajstić information content (AvgIpc) is 2.73. The van der Waals surface area contributed by atoms with E-state index in [1.807, 2.05) is 0 Å². The van der Waals surface area contributed by atoms with Gasteiger partial charge in [-0.3, -0.25) is 25.0 Å². The Morgan fingerprint density at radius 3 is 2.39 bits per heavy atom. The highest BCUT2D eigenvalue weighted by molar-refractivity contribution is 9.10. The molecule has 0 bridgehead atoms. The zero-order chi connectivity index (χ0) is 23.0. The third-order valence-corrected chi connectivity index (χ3v) is 4.48. The number of nitro groups is 2. The molecule has 12 nitrogen and oxygen atoms in total. The lowest BCUT2D eigenvalue weighted by Crippen LogP contribution is -2.21. The molecule has 2 aromatic carbocycles. The number of hydrogen-bond donors (Lipinski definition) is 2. The van der Waals surface area contributed by atoms with E-state index >= 15 is 0 Å². The number of methoxy groups -OCH3 is 1. The Kier molecular flexibility index (Phi) is 8.40. The molecule has 0 fully saturated rings. The predicted octanol–water partition coefficient (Wildman–Crippen LogP) is 3.12. The zero-order valence-corrected chi connectivity index (χ0v) is 17.7. The fourth-order valence-corrected chi connectivity index (χ4v) is 2.83. The molecule has 0 heterocycles. The Bertz CT molecular complexity index is 1010. The highest BCUT2D eigenvalue weighted by Gasteiger charge is 2.19. The number of hydrogen-bond acceptors (Lipinski definition) is 9. The minimum atomic E-state index is -0.926. The summed E-state index contributed by atoms with van der Waals surface area (Å²) in [5, 5.41) is 27.3. The standard InChI is InChI=1S/C18H17BrN4O8/c1-30-7-6-20-15-4-2-11(8-16(15)23(28)29)18(25)31-10-17(24)21-14-5-3-12(22(26)27)9-13(14)19/h2-5,8-9,20H,6-7,10H2,1H3,(H,21,24). The van der Waals surface area contributed by atoms with Crippen molar-refractivity contribution in [3.63, 3.8) is 0 Å². The molecule has 0 aliphatic heterocycles. The molecule has 0 radical (unpaired) electrons. The first-order valence-electron chi connectivity index (χ1n) is 8.65. The molecule has 164 valence electrons. The van der Waals surface area contributed by atoms with Crippen LogP contribution in [0.3, 0.4) is 0 Å². The van der Waals surface area contributed by atoms with E-state index in [4.69, 9.17) is 9.47 Å². The van der Waals surface area contributed by atoms with Crippen molar-refractivity contribution in [2.75, 3.05) is 37.5 Å². The summed E-state index contributed by atoms with van der Waals surface area (Å²) < 4.78 is 10.0. The second-order valence-corrected chi connectivity index (χ2v) is 6.81. The molecule has 2 aromatic rings. The van der Waals surface area contributed by atoms with Crippen LogP contribution in [-0.2, 0) is 14.3 Å². The van der Waals surface area contributed by atoms with Gasteiger partial charge < -0.3 is 20.1 Å². The molecule has 2 N–H and O–H groups in total. The lowest BCUT2D eigenvalue weighted by molar-refractivity contribution is -0.384. The molecular formula is C18H17BrN4O8. The smallest absolute Gasteiger partial charge is 0.338 e. The molecular weight excluding hydrogens is 480 g/mol. The number of carbonyl (C=O) groups is 2. The SMILES string of the molecule is COCCNc1ccc(C(=O)OCC(=O)Nc2ccc([N+](=O)[O-])cc2Br)cc1[N+](=O)[O-]. The highest BCUT2D eigenvalue weighted by atomic mass is 79.9. The third kappa shape index (κ3) is 6.72. The number of ether oxygens (including phenoxy) is 2. The first-order valence-corrected chi connectivity index (χ1v) is 9.44. The lowest BCUT2D eigenvalue weighted by atomic mass is 10.1. The van der Waals surface area contributed by atoms with Crippen LogP contribution in [0.25, 0.3) is 0 Å². The van der Waals surface area contributed by atoms with Gasteiger partial charge in [0.2, 0.25) is 0 Å². The van der Waals surface area contributed by atoms with E-state index in [0.29, 0.717) is 13.2 Å². The molecule has 0 atom stereocenters. The Hall–Kier alpha value is -3.58. The van der Waals surface area contributed by atoms with Crippen molar-refractivity contribution in [2.45, 2.75) is 0 Å². The number of nitrogens with one attached hydrogen (secondary N) is 2. The second-order valence-electron chi connectivity index (χ2n) is 5.95. The molecule has 2 rings (SSSR count). The van der Waals surface area contributed by atoms with Gasteiger partial charge in [0, 0.05) is 36.3 Å². The van der Waals surface area contributed by atoms with Crippen LogP contribution in [0.2, 0.25) is 0 Å². The molecule has 0 aliphatic rings. The largest absolute Gasteiger partial charge is 0.452 e. The van der Waals surface area contributed by atoms with E-state index in [-0.39, 0.29) is 32.8 Å². The van der Waals surface area contributed by atoms with Crippen LogP contribution in [0.4, 0.5) is 22.7 Å². The van der Waals surface area contributed by atoms with Crippen LogP contribution < -0.4 is 10.6 Å². The van der Waals surface area contributed by atoms with Gasteiger partial charge in [-0.25, -0.2) is 4.79 Å². The van der Waals surface area contributed by atoms with Gasteiger partial charge in [-0.15, -0.1) is 0 Å². The quantitative estimate of drug-likeness (QED) is 0.217. The molecule has 0 aromatic heterocycles. The van der Waals surface area contributed by atoms with Gasteiger partial charge in [-0.1, -0.05) is 0 Å². The minimum absolute atomic E-state index is 0.103. The Balaban J connectivity index is 2.00. The summed E-state index contributed by atoms with van der Waals surface area (Å²) in [6.45, 7) is 0.00431. The number of amides is 1. The summed E-state index contributed by atoms with van der Waals surface area (Å²) in [4.78, 5) is 45.0. The van der Waals surface area contributed by atoms with Gasteiger partial charge in [-0.2, -0.15) is 0 Å². The fourth-order valence-electron chi connectivity index (χ4n) is 2.37. The molecule has 31 heavy (non-hydrogen) atoms. The van der Waals surface area contributed by atoms with Crippen molar-refractivity contribution in [3.05, 3.63) is 66.7 Å². The highest BCUT2D eigenvalue weighted by Crippen LogP contribution is 2.27. The summed E-state index contributed by atoms with van der Waals surface area (Å²) in [6.07, 6.45) is 0. The first kappa shape index (κ1) is 23.7. The van der Waals surface area contributed by atoms with Crippen molar-refractivity contribution in [3.8, 4) is 0 Å². The molecule has 0 spiro atoms. The molecule has 1 amide bonds. The number of halogens is 1. The van der Waals surface area contributed by atoms with Gasteiger partial charge in [0.15, 0.2) is 6.61 Å². The number of carbonyl (C=O) groups excluding carboxylic acids is 2. The number of benzene rings is 2. The summed E-state index contributed by atoms with van der Waals surface area (Å²) >= 11 is 3.11. The number of nitrogens with zero attached hydrogens (tertiary/aromatic N) is 2. The number of rotatable bonds is 10. The van der Waals surface area contributed by atoms with E-state index in [2.05, 4.69) is 26.6 Å². The average molecular weight is 497 g/mol. The molecule has 0 saturated heterocycles. The Morgan fingerprint density at radius 1 is 1.06 bits per heavy atom. The summed E-state index contributed by atoms with van der Waals surface area (Å²) in [5.74, 6) is -1.63. The summed E-state index contributed by atoms with van der Waals surface area (Å²) in [5.41, 5.74) is -0.149. The minimum Gasteiger partial charge on any atom is -0.452 e. The number of esters is 1. The van der Waals surface area contributed by atoms with Crippen molar-refractivity contribution in [1.29, 1.82) is 0 Å². The van der Waals surface area contributed by atoms with Crippen LogP contribution >= 0.6 is 15.9 Å². The summed E-state index contributed by atoms with van der Waals surface area (Å²) in [7, 11) is 1.49. The van der Waals surface area contributed by atoms with Crippen LogP contribution in [0, 0.1) is 20.2 Å². The molecule has 0 unspecified atom stereocenters. The maximum atomic E-state index is 12.2. The van der Waals surface area contributed by atoms with Gasteiger partial charge in [0.1, 0.15) is 5.69 Å². The summed E-state index contributed by atoms with van der Waals surface area (Å²) in [6, 6.07) is 7.47. The van der Waals surface area contributed by atoms with Crippen LogP contribution in [0.1, 0.15) is 10.4 Å². The fraction of sp³-hybridized carbons (Fsp3) is 0.222. The topological polar surface area (TPSA) is 163 Å². The second kappa shape index (κ2) is 11.0. The number of non-ortho nitro benzene ring substituents is 1. The maximum Gasteiger partial charge on any atom is 0.338 e. The predicted molar refractivity (Wildman–Crippen MR) is 113 cm³/mol. The van der Waals surface area contributed by atoms with Gasteiger partial charge in [0.25, 0.3) is 17.3 Å². The Labute approximate surface area is 184 Å². The third-order valence-electron chi connectivity index (χ3n) is 3.82. The zero-order valence-electron chi connectivity index (χ0n) is 16.1. The van der Waals surface area contributed by atoms with E-state index < -0.39 is 28.3 Å². The van der Waals surface area contributed by atoms with Crippen molar-refractivity contribution in [1.82, 2.24) is 0 Å². The van der Waals surface area contributed by atoms with Crippen molar-refractivity contribution < 1.29 is 28.9 Å². The van der Waals surface area contributed by atoms with E-state index in [1.54, 1.807) is 0 Å². The number of nitro benzene ring substituents is 2. The normalized spacial score (nSPS) is 10.3. The van der Waals surface area contributed by atoms with Gasteiger partial charge >= 0.3 is 5.97 Å². The van der Waals surface area contributed by atoms with Gasteiger partial charge in [0.05, 0.1) is 27.7 Å². The molecule has 13 heteroatoms. The monoisotopic (exact) mass is 496 g/mol. The molecule has 0 saturated carbocycles. The van der Waals surface area contributed by atoms with E-state index in [0.717, 1.165) is 6.07 Å². The van der Waals surface area contributed by atoms with Gasteiger partial charge in [-0.05, 0) is 34.1 Å². The van der Waals surface area contributed by atoms with Crippen LogP contribution in [0.5, 0.6) is 0 Å². The Morgan fingerprint density at radius 2 is 1.77 bits per heavy atom. The van der Waals surface area contributed by atoms with E-state index in [9.17, 15) is 29.8 Å². The van der Waals surface area contributed by atoms with E-state index in [1.165, 1.54) is 37.4 Å². The maximum absolute atomic E-state index is 12.2. The van der Waals surface area contributed by atoms with Crippen LogP contribution in [-0.4, -0.2) is 48.6 Å². The van der Waals surface area contributed by atoms with Crippen molar-refractivity contribution >= 4 is 50.6 Å². The van der Waals surface area contributed by atoms with Crippen LogP contribution in [0.15, 0.2) is 40.9 Å².